The Hall–Kier alpha value is -2.08. The van der Waals surface area contributed by atoms with Crippen LogP contribution in [0.25, 0.3) is 11.4 Å². The molecule has 0 aliphatic heterocycles. The van der Waals surface area contributed by atoms with Crippen molar-refractivity contribution in [3.8, 4) is 11.4 Å². The molecule has 2 aliphatic carbocycles. The second-order valence-electron chi connectivity index (χ2n) is 9.19. The van der Waals surface area contributed by atoms with E-state index in [1.54, 1.807) is 0 Å². The molecule has 0 radical (unpaired) electrons. The van der Waals surface area contributed by atoms with Crippen molar-refractivity contribution in [3.05, 3.63) is 42.5 Å². The predicted octanol–water partition coefficient (Wildman–Crippen LogP) is 6.03. The molecule has 0 unspecified atom stereocenters. The second-order valence-corrected chi connectivity index (χ2v) is 10.1. The minimum atomic E-state index is 0.277. The Bertz CT molecular complexity index is 894. The molecule has 6 heteroatoms. The zero-order chi connectivity index (χ0) is 22.3. The fourth-order valence-corrected chi connectivity index (χ4v) is 6.15. The topological polar surface area (TPSA) is 51.0 Å². The maximum atomic E-state index is 13.5. The minimum Gasteiger partial charge on any atom is -0.336 e. The minimum absolute atomic E-state index is 0.277. The van der Waals surface area contributed by atoms with Gasteiger partial charge in [-0.05, 0) is 38.2 Å². The lowest BCUT2D eigenvalue weighted by molar-refractivity contribution is -0.135. The number of aryl methyl sites for hydroxylation is 1. The number of aromatic nitrogens is 3. The fourth-order valence-electron chi connectivity index (χ4n) is 5.34. The van der Waals surface area contributed by atoms with E-state index in [0.29, 0.717) is 24.4 Å². The summed E-state index contributed by atoms with van der Waals surface area (Å²) in [6, 6.07) is 9.07. The van der Waals surface area contributed by atoms with Gasteiger partial charge in [-0.2, -0.15) is 0 Å². The largest absolute Gasteiger partial charge is 0.336 e. The van der Waals surface area contributed by atoms with Gasteiger partial charge in [-0.3, -0.25) is 9.36 Å². The molecule has 1 heterocycles. The van der Waals surface area contributed by atoms with E-state index in [2.05, 4.69) is 45.3 Å². The van der Waals surface area contributed by atoms with E-state index in [-0.39, 0.29) is 5.91 Å². The molecule has 2 aliphatic rings. The molecular formula is C26H36N4OS. The molecule has 0 saturated heterocycles. The Labute approximate surface area is 196 Å². The van der Waals surface area contributed by atoms with E-state index in [4.69, 9.17) is 0 Å². The number of hydrogen-bond donors (Lipinski definition) is 0. The zero-order valence-corrected chi connectivity index (χ0v) is 20.2. The molecule has 32 heavy (non-hydrogen) atoms. The average molecular weight is 453 g/mol. The Morgan fingerprint density at radius 1 is 1.06 bits per heavy atom. The van der Waals surface area contributed by atoms with Crippen molar-refractivity contribution < 1.29 is 4.79 Å². The molecule has 2 aromatic rings. The van der Waals surface area contributed by atoms with Crippen LogP contribution in [-0.2, 0) is 11.3 Å². The smallest absolute Gasteiger partial charge is 0.233 e. The first-order valence-corrected chi connectivity index (χ1v) is 13.2. The van der Waals surface area contributed by atoms with Gasteiger partial charge < -0.3 is 4.90 Å². The van der Waals surface area contributed by atoms with E-state index in [9.17, 15) is 4.79 Å². The summed E-state index contributed by atoms with van der Waals surface area (Å²) >= 11 is 1.52. The summed E-state index contributed by atoms with van der Waals surface area (Å²) in [6.07, 6.45) is 14.1. The number of benzene rings is 1. The Balaban J connectivity index is 1.51. The number of carbonyl (C=O) groups is 1. The lowest BCUT2D eigenvalue weighted by Gasteiger charge is -2.41. The number of thioether (sulfide) groups is 1. The molecule has 2 fully saturated rings. The molecule has 1 aromatic heterocycles. The van der Waals surface area contributed by atoms with Gasteiger partial charge in [0.05, 0.1) is 5.75 Å². The molecule has 172 valence electrons. The van der Waals surface area contributed by atoms with E-state index in [0.717, 1.165) is 42.2 Å². The van der Waals surface area contributed by atoms with Crippen molar-refractivity contribution in [2.45, 2.75) is 94.9 Å². The fraction of sp³-hybridized carbons (Fsp3) is 0.577. The SMILES string of the molecule is C=CCn1c(SCC(=O)N(C2CCCCC2)C2CCCCC2)nnc1-c1ccccc1C. The molecule has 2 saturated carbocycles. The third-order valence-electron chi connectivity index (χ3n) is 6.96. The molecule has 0 bridgehead atoms. The number of allylic oxidation sites excluding steroid dienone is 1. The standard InChI is InChI=1S/C26H36N4OS/c1-3-18-29-25(23-17-11-10-12-20(23)2)27-28-26(29)32-19-24(31)30(21-13-6-4-7-14-21)22-15-8-5-9-16-22/h3,10-12,17,21-22H,1,4-9,13-16,18-19H2,2H3. The number of amides is 1. The van der Waals surface area contributed by atoms with Crippen LogP contribution in [0, 0.1) is 6.92 Å². The van der Waals surface area contributed by atoms with Gasteiger partial charge in [-0.15, -0.1) is 16.8 Å². The van der Waals surface area contributed by atoms with Crippen LogP contribution in [0.5, 0.6) is 0 Å². The molecule has 5 nitrogen and oxygen atoms in total. The number of nitrogens with zero attached hydrogens (tertiary/aromatic N) is 4. The van der Waals surface area contributed by atoms with Gasteiger partial charge in [0.25, 0.3) is 0 Å². The van der Waals surface area contributed by atoms with Crippen LogP contribution in [0.15, 0.2) is 42.1 Å². The summed E-state index contributed by atoms with van der Waals surface area (Å²) in [5.41, 5.74) is 2.24. The van der Waals surface area contributed by atoms with Gasteiger partial charge in [-0.25, -0.2) is 0 Å². The first kappa shape index (κ1) is 23.1. The number of hydrogen-bond acceptors (Lipinski definition) is 4. The highest BCUT2D eigenvalue weighted by Crippen LogP contribution is 2.32. The Kier molecular flexibility index (Phi) is 8.06. The number of carbonyl (C=O) groups excluding carboxylic acids is 1. The predicted molar refractivity (Wildman–Crippen MR) is 132 cm³/mol. The van der Waals surface area contributed by atoms with Crippen LogP contribution in [0.1, 0.15) is 69.8 Å². The summed E-state index contributed by atoms with van der Waals surface area (Å²) in [6.45, 7) is 6.63. The van der Waals surface area contributed by atoms with Gasteiger partial charge in [0.2, 0.25) is 5.91 Å². The summed E-state index contributed by atoms with van der Waals surface area (Å²) in [4.78, 5) is 15.8. The van der Waals surface area contributed by atoms with Crippen LogP contribution >= 0.6 is 11.8 Å². The summed E-state index contributed by atoms with van der Waals surface area (Å²) in [5, 5.41) is 9.75. The Morgan fingerprint density at radius 3 is 2.28 bits per heavy atom. The molecule has 0 atom stereocenters. The van der Waals surface area contributed by atoms with E-state index < -0.39 is 0 Å². The normalized spacial score (nSPS) is 17.9. The van der Waals surface area contributed by atoms with Crippen LogP contribution in [0.3, 0.4) is 0 Å². The van der Waals surface area contributed by atoms with Gasteiger partial charge in [0.1, 0.15) is 0 Å². The van der Waals surface area contributed by atoms with Gasteiger partial charge in [-0.1, -0.05) is 80.6 Å². The molecule has 1 amide bonds. The summed E-state index contributed by atoms with van der Waals surface area (Å²) in [7, 11) is 0. The molecule has 1 aromatic carbocycles. The van der Waals surface area contributed by atoms with Crippen molar-refractivity contribution in [1.82, 2.24) is 19.7 Å². The molecule has 0 N–H and O–H groups in total. The van der Waals surface area contributed by atoms with Gasteiger partial charge in [0, 0.05) is 24.2 Å². The van der Waals surface area contributed by atoms with E-state index in [1.807, 2.05) is 18.2 Å². The summed E-state index contributed by atoms with van der Waals surface area (Å²) in [5.74, 6) is 1.55. The first-order valence-electron chi connectivity index (χ1n) is 12.2. The number of rotatable bonds is 8. The van der Waals surface area contributed by atoms with E-state index >= 15 is 0 Å². The maximum absolute atomic E-state index is 13.5. The van der Waals surface area contributed by atoms with Crippen LogP contribution in [-0.4, -0.2) is 43.4 Å². The summed E-state index contributed by atoms with van der Waals surface area (Å²) < 4.78 is 2.08. The third kappa shape index (κ3) is 5.28. The van der Waals surface area contributed by atoms with Crippen molar-refractivity contribution in [2.75, 3.05) is 5.75 Å². The van der Waals surface area contributed by atoms with Crippen LogP contribution in [0.2, 0.25) is 0 Å². The van der Waals surface area contributed by atoms with Crippen LogP contribution in [0.4, 0.5) is 0 Å². The van der Waals surface area contributed by atoms with Gasteiger partial charge in [0.15, 0.2) is 11.0 Å². The highest BCUT2D eigenvalue weighted by atomic mass is 32.2. The van der Waals surface area contributed by atoms with Crippen molar-refractivity contribution in [2.24, 2.45) is 0 Å². The first-order chi connectivity index (χ1) is 15.7. The van der Waals surface area contributed by atoms with Crippen LogP contribution < -0.4 is 0 Å². The van der Waals surface area contributed by atoms with Gasteiger partial charge >= 0.3 is 0 Å². The Morgan fingerprint density at radius 2 is 1.69 bits per heavy atom. The third-order valence-corrected chi connectivity index (χ3v) is 7.91. The zero-order valence-electron chi connectivity index (χ0n) is 19.3. The monoisotopic (exact) mass is 452 g/mol. The van der Waals surface area contributed by atoms with Crippen molar-refractivity contribution >= 4 is 17.7 Å². The molecule has 0 spiro atoms. The maximum Gasteiger partial charge on any atom is 0.233 e. The molecular weight excluding hydrogens is 416 g/mol. The molecule has 4 rings (SSSR count). The van der Waals surface area contributed by atoms with Crippen molar-refractivity contribution in [3.63, 3.8) is 0 Å². The second kappa shape index (κ2) is 11.2. The highest BCUT2D eigenvalue weighted by Gasteiger charge is 2.32. The average Bonchev–Trinajstić information content (AvgIpc) is 3.22. The quantitative estimate of drug-likeness (QED) is 0.363. The lowest BCUT2D eigenvalue weighted by atomic mass is 9.88. The van der Waals surface area contributed by atoms with Crippen molar-refractivity contribution in [1.29, 1.82) is 0 Å². The lowest BCUT2D eigenvalue weighted by Crippen LogP contribution is -2.49. The highest BCUT2D eigenvalue weighted by molar-refractivity contribution is 7.99. The van der Waals surface area contributed by atoms with E-state index in [1.165, 1.54) is 55.9 Å².